The van der Waals surface area contributed by atoms with Gasteiger partial charge in [0.05, 0.1) is 32.0 Å². The van der Waals surface area contributed by atoms with E-state index < -0.39 is 5.79 Å². The van der Waals surface area contributed by atoms with Crippen molar-refractivity contribution in [2.45, 2.75) is 57.1 Å². The topological polar surface area (TPSA) is 49.0 Å². The van der Waals surface area contributed by atoms with E-state index in [-0.39, 0.29) is 12.2 Å². The van der Waals surface area contributed by atoms with Crippen LogP contribution in [0.4, 0.5) is 0 Å². The Morgan fingerprint density at radius 2 is 2.11 bits per heavy atom. The number of nitrogens with one attached hydrogen (secondary N) is 1. The van der Waals surface area contributed by atoms with E-state index in [1.165, 1.54) is 0 Å². The Morgan fingerprint density at radius 1 is 1.37 bits per heavy atom. The highest BCUT2D eigenvalue weighted by atomic mass is 16.7. The van der Waals surface area contributed by atoms with Crippen molar-refractivity contribution in [2.75, 3.05) is 33.5 Å². The lowest BCUT2D eigenvalue weighted by Crippen LogP contribution is -2.52. The molecule has 1 aliphatic heterocycles. The average molecular weight is 273 g/mol. The predicted octanol–water partition coefficient (Wildman–Crippen LogP) is 1.31. The Balaban J connectivity index is 1.90. The van der Waals surface area contributed by atoms with Crippen LogP contribution in [0.2, 0.25) is 0 Å². The molecule has 0 aromatic carbocycles. The first-order valence-electron chi connectivity index (χ1n) is 7.37. The molecule has 0 radical (unpaired) electrons. The van der Waals surface area contributed by atoms with Crippen LogP contribution in [-0.2, 0) is 18.9 Å². The lowest BCUT2D eigenvalue weighted by Gasteiger charge is -2.41. The fourth-order valence-corrected chi connectivity index (χ4v) is 2.97. The van der Waals surface area contributed by atoms with Gasteiger partial charge in [-0.25, -0.2) is 0 Å². The quantitative estimate of drug-likeness (QED) is 0.791. The van der Waals surface area contributed by atoms with Crippen LogP contribution in [0.1, 0.15) is 33.1 Å². The fourth-order valence-electron chi connectivity index (χ4n) is 2.97. The second-order valence-electron chi connectivity index (χ2n) is 5.39. The van der Waals surface area contributed by atoms with Crippen molar-refractivity contribution in [3.8, 4) is 0 Å². The molecule has 1 spiro atoms. The van der Waals surface area contributed by atoms with Crippen molar-refractivity contribution in [3.63, 3.8) is 0 Å². The molecule has 112 valence electrons. The van der Waals surface area contributed by atoms with E-state index in [4.69, 9.17) is 18.9 Å². The monoisotopic (exact) mass is 273 g/mol. The highest BCUT2D eigenvalue weighted by Crippen LogP contribution is 2.37. The summed E-state index contributed by atoms with van der Waals surface area (Å²) in [4.78, 5) is 0. The smallest absolute Gasteiger partial charge is 0.171 e. The SMILES string of the molecule is CCOCC(C)OC1CC2(CCC1NC)OCCO2. The number of likely N-dealkylation sites (N-methyl/N-ethyl adjacent to an activating group) is 1. The van der Waals surface area contributed by atoms with Gasteiger partial charge < -0.3 is 24.3 Å². The molecule has 1 heterocycles. The fraction of sp³-hybridized carbons (Fsp3) is 1.00. The van der Waals surface area contributed by atoms with E-state index >= 15 is 0 Å². The summed E-state index contributed by atoms with van der Waals surface area (Å²) < 4.78 is 23.2. The molecule has 0 bridgehead atoms. The Kier molecular flexibility index (Phi) is 5.59. The van der Waals surface area contributed by atoms with Crippen molar-refractivity contribution in [3.05, 3.63) is 0 Å². The first-order valence-corrected chi connectivity index (χ1v) is 7.37. The number of hydrogen-bond donors (Lipinski definition) is 1. The normalized spacial score (nSPS) is 31.7. The Morgan fingerprint density at radius 3 is 2.74 bits per heavy atom. The summed E-state index contributed by atoms with van der Waals surface area (Å²) in [5.74, 6) is -0.399. The van der Waals surface area contributed by atoms with Gasteiger partial charge in [0.2, 0.25) is 0 Å². The summed E-state index contributed by atoms with van der Waals surface area (Å²) >= 11 is 0. The van der Waals surface area contributed by atoms with Crippen molar-refractivity contribution in [1.82, 2.24) is 5.32 Å². The highest BCUT2D eigenvalue weighted by molar-refractivity contribution is 4.92. The van der Waals surface area contributed by atoms with E-state index in [9.17, 15) is 0 Å². The second-order valence-corrected chi connectivity index (χ2v) is 5.39. The van der Waals surface area contributed by atoms with Crippen LogP contribution < -0.4 is 5.32 Å². The lowest BCUT2D eigenvalue weighted by atomic mass is 9.87. The minimum absolute atomic E-state index is 0.0948. The number of rotatable bonds is 6. The van der Waals surface area contributed by atoms with Crippen LogP contribution in [0.5, 0.6) is 0 Å². The molecule has 1 saturated carbocycles. The van der Waals surface area contributed by atoms with Crippen molar-refractivity contribution in [2.24, 2.45) is 0 Å². The van der Waals surface area contributed by atoms with E-state index in [0.29, 0.717) is 25.9 Å². The summed E-state index contributed by atoms with van der Waals surface area (Å²) in [7, 11) is 1.99. The minimum atomic E-state index is -0.399. The molecule has 0 aromatic rings. The average Bonchev–Trinajstić information content (AvgIpc) is 2.85. The van der Waals surface area contributed by atoms with E-state index in [0.717, 1.165) is 25.9 Å². The minimum Gasteiger partial charge on any atom is -0.379 e. The third-order valence-electron chi connectivity index (χ3n) is 3.95. The third-order valence-corrected chi connectivity index (χ3v) is 3.95. The molecule has 5 heteroatoms. The molecule has 1 saturated heterocycles. The predicted molar refractivity (Wildman–Crippen MR) is 72.2 cm³/mol. The first kappa shape index (κ1) is 15.2. The van der Waals surface area contributed by atoms with Gasteiger partial charge in [0.1, 0.15) is 0 Å². The van der Waals surface area contributed by atoms with Gasteiger partial charge in [-0.15, -0.1) is 0 Å². The summed E-state index contributed by atoms with van der Waals surface area (Å²) in [5.41, 5.74) is 0. The Bertz CT molecular complexity index is 268. The highest BCUT2D eigenvalue weighted by Gasteiger charge is 2.45. The molecule has 2 aliphatic rings. The number of ether oxygens (including phenoxy) is 4. The van der Waals surface area contributed by atoms with Gasteiger partial charge in [-0.1, -0.05) is 0 Å². The second kappa shape index (κ2) is 6.99. The zero-order valence-electron chi connectivity index (χ0n) is 12.3. The van der Waals surface area contributed by atoms with Gasteiger partial charge in [-0.05, 0) is 27.3 Å². The van der Waals surface area contributed by atoms with E-state index in [1.54, 1.807) is 0 Å². The molecule has 3 unspecified atom stereocenters. The molecule has 5 nitrogen and oxygen atoms in total. The van der Waals surface area contributed by atoms with E-state index in [1.807, 2.05) is 14.0 Å². The summed E-state index contributed by atoms with van der Waals surface area (Å²) in [6.45, 7) is 6.82. The molecule has 19 heavy (non-hydrogen) atoms. The molecule has 2 fully saturated rings. The maximum Gasteiger partial charge on any atom is 0.171 e. The van der Waals surface area contributed by atoms with Crippen molar-refractivity contribution in [1.29, 1.82) is 0 Å². The Labute approximate surface area is 115 Å². The zero-order valence-corrected chi connectivity index (χ0v) is 12.3. The lowest BCUT2D eigenvalue weighted by molar-refractivity contribution is -0.214. The summed E-state index contributed by atoms with van der Waals surface area (Å²) in [6.07, 6.45) is 2.97. The van der Waals surface area contributed by atoms with Gasteiger partial charge in [0.25, 0.3) is 0 Å². The largest absolute Gasteiger partial charge is 0.379 e. The molecule has 2 rings (SSSR count). The van der Waals surface area contributed by atoms with Gasteiger partial charge in [-0.2, -0.15) is 0 Å². The van der Waals surface area contributed by atoms with Crippen molar-refractivity contribution >= 4 is 0 Å². The summed E-state index contributed by atoms with van der Waals surface area (Å²) in [6, 6.07) is 0.363. The molecule has 0 aromatic heterocycles. The van der Waals surface area contributed by atoms with Gasteiger partial charge >= 0.3 is 0 Å². The molecule has 0 amide bonds. The Hall–Kier alpha value is -0.200. The van der Waals surface area contributed by atoms with Gasteiger partial charge in [0, 0.05) is 25.5 Å². The number of hydrogen-bond acceptors (Lipinski definition) is 5. The standard InChI is InChI=1S/C14H27NO4/c1-4-16-10-11(2)19-13-9-14(17-7-8-18-14)6-5-12(13)15-3/h11-13,15H,4-10H2,1-3H3. The maximum atomic E-state index is 6.14. The molecular formula is C14H27NO4. The summed E-state index contributed by atoms with van der Waals surface area (Å²) in [5, 5.41) is 3.34. The van der Waals surface area contributed by atoms with Crippen LogP contribution in [0.15, 0.2) is 0 Å². The van der Waals surface area contributed by atoms with Gasteiger partial charge in [0.15, 0.2) is 5.79 Å². The molecular weight excluding hydrogens is 246 g/mol. The van der Waals surface area contributed by atoms with E-state index in [2.05, 4.69) is 12.2 Å². The van der Waals surface area contributed by atoms with Crippen LogP contribution >= 0.6 is 0 Å². The molecule has 1 aliphatic carbocycles. The van der Waals surface area contributed by atoms with Crippen LogP contribution in [-0.4, -0.2) is 57.5 Å². The first-order chi connectivity index (χ1) is 9.19. The van der Waals surface area contributed by atoms with Crippen LogP contribution in [0, 0.1) is 0 Å². The molecule has 3 atom stereocenters. The van der Waals surface area contributed by atoms with Crippen LogP contribution in [0.25, 0.3) is 0 Å². The maximum absolute atomic E-state index is 6.14. The van der Waals surface area contributed by atoms with Gasteiger partial charge in [-0.3, -0.25) is 0 Å². The third kappa shape index (κ3) is 3.89. The van der Waals surface area contributed by atoms with Crippen molar-refractivity contribution < 1.29 is 18.9 Å². The zero-order chi connectivity index (χ0) is 13.7. The van der Waals surface area contributed by atoms with Crippen LogP contribution in [0.3, 0.4) is 0 Å². The molecule has 1 N–H and O–H groups in total.